The quantitative estimate of drug-likeness (QED) is 0.769. The van der Waals surface area contributed by atoms with Crippen molar-refractivity contribution in [1.82, 2.24) is 0 Å². The second-order valence-corrected chi connectivity index (χ2v) is 4.64. The molecule has 3 N–H and O–H groups in total. The average molecular weight is 234 g/mol. The third kappa shape index (κ3) is 2.77. The van der Waals surface area contributed by atoms with Crippen LogP contribution in [0.1, 0.15) is 18.9 Å². The van der Waals surface area contributed by atoms with Crippen LogP contribution >= 0.6 is 0 Å². The topological polar surface area (TPSA) is 64.3 Å². The van der Waals surface area contributed by atoms with Crippen molar-refractivity contribution in [3.8, 4) is 0 Å². The summed E-state index contributed by atoms with van der Waals surface area (Å²) >= 11 is 0. The minimum Gasteiger partial charge on any atom is -0.399 e. The standard InChI is InChI=1S/C13H18N2O2/c1-8-5-11(14)3-4-12(8)15-13(16)10-6-9(2)17-7-10/h3-5,9-10H,6-7,14H2,1-2H3,(H,15,16). The summed E-state index contributed by atoms with van der Waals surface area (Å²) in [6.07, 6.45) is 0.970. The van der Waals surface area contributed by atoms with Gasteiger partial charge >= 0.3 is 0 Å². The molecule has 0 aromatic heterocycles. The molecule has 1 saturated heterocycles. The first-order chi connectivity index (χ1) is 8.06. The van der Waals surface area contributed by atoms with E-state index >= 15 is 0 Å². The van der Waals surface area contributed by atoms with Crippen LogP contribution in [0.3, 0.4) is 0 Å². The number of rotatable bonds is 2. The number of nitrogens with two attached hydrogens (primary N) is 1. The lowest BCUT2D eigenvalue weighted by Gasteiger charge is -2.12. The fourth-order valence-corrected chi connectivity index (χ4v) is 2.06. The molecule has 92 valence electrons. The number of anilines is 2. The maximum Gasteiger partial charge on any atom is 0.229 e. The molecule has 1 aromatic carbocycles. The summed E-state index contributed by atoms with van der Waals surface area (Å²) in [5, 5.41) is 2.93. The lowest BCUT2D eigenvalue weighted by Crippen LogP contribution is -2.23. The number of amides is 1. The molecule has 0 spiro atoms. The fraction of sp³-hybridized carbons (Fsp3) is 0.462. The van der Waals surface area contributed by atoms with Gasteiger partial charge in [0.2, 0.25) is 5.91 Å². The lowest BCUT2D eigenvalue weighted by molar-refractivity contribution is -0.119. The maximum absolute atomic E-state index is 12.0. The zero-order valence-corrected chi connectivity index (χ0v) is 10.2. The van der Waals surface area contributed by atoms with Crippen LogP contribution in [0.2, 0.25) is 0 Å². The zero-order chi connectivity index (χ0) is 12.4. The van der Waals surface area contributed by atoms with Gasteiger partial charge in [-0.05, 0) is 44.0 Å². The van der Waals surface area contributed by atoms with E-state index in [2.05, 4.69) is 5.32 Å². The average Bonchev–Trinajstić information content (AvgIpc) is 2.69. The van der Waals surface area contributed by atoms with Gasteiger partial charge < -0.3 is 15.8 Å². The summed E-state index contributed by atoms with van der Waals surface area (Å²) in [6, 6.07) is 5.47. The van der Waals surface area contributed by atoms with E-state index in [-0.39, 0.29) is 17.9 Å². The van der Waals surface area contributed by atoms with Gasteiger partial charge in [-0.15, -0.1) is 0 Å². The molecule has 0 bridgehead atoms. The molecule has 4 nitrogen and oxygen atoms in total. The van der Waals surface area contributed by atoms with Crippen molar-refractivity contribution in [1.29, 1.82) is 0 Å². The molecular weight excluding hydrogens is 216 g/mol. The maximum atomic E-state index is 12.0. The normalized spacial score (nSPS) is 23.6. The summed E-state index contributed by atoms with van der Waals surface area (Å²) in [7, 11) is 0. The van der Waals surface area contributed by atoms with E-state index in [1.54, 1.807) is 6.07 Å². The van der Waals surface area contributed by atoms with Crippen molar-refractivity contribution >= 4 is 17.3 Å². The first-order valence-electron chi connectivity index (χ1n) is 5.85. The molecular formula is C13H18N2O2. The largest absolute Gasteiger partial charge is 0.399 e. The van der Waals surface area contributed by atoms with Crippen LogP contribution in [0.5, 0.6) is 0 Å². The number of hydrogen-bond acceptors (Lipinski definition) is 3. The van der Waals surface area contributed by atoms with Gasteiger partial charge in [-0.2, -0.15) is 0 Å². The van der Waals surface area contributed by atoms with Gasteiger partial charge in [0, 0.05) is 11.4 Å². The highest BCUT2D eigenvalue weighted by Crippen LogP contribution is 2.23. The van der Waals surface area contributed by atoms with E-state index in [1.807, 2.05) is 26.0 Å². The number of benzene rings is 1. The Bertz CT molecular complexity index is 431. The first kappa shape index (κ1) is 11.9. The molecule has 2 rings (SSSR count). The van der Waals surface area contributed by atoms with Gasteiger partial charge in [0.25, 0.3) is 0 Å². The Hall–Kier alpha value is -1.55. The molecule has 0 aliphatic carbocycles. The molecule has 2 atom stereocenters. The third-order valence-electron chi connectivity index (χ3n) is 3.08. The number of aryl methyl sites for hydroxylation is 1. The molecule has 1 aliphatic heterocycles. The Morgan fingerprint density at radius 3 is 2.88 bits per heavy atom. The predicted molar refractivity (Wildman–Crippen MR) is 67.7 cm³/mol. The van der Waals surface area contributed by atoms with Crippen molar-refractivity contribution < 1.29 is 9.53 Å². The minimum absolute atomic E-state index is 0.0298. The number of nitrogen functional groups attached to an aromatic ring is 1. The highest BCUT2D eigenvalue weighted by Gasteiger charge is 2.28. The van der Waals surface area contributed by atoms with Gasteiger partial charge in [-0.25, -0.2) is 0 Å². The van der Waals surface area contributed by atoms with Crippen LogP contribution in [0, 0.1) is 12.8 Å². The van der Waals surface area contributed by atoms with Crippen molar-refractivity contribution in [3.05, 3.63) is 23.8 Å². The van der Waals surface area contributed by atoms with Gasteiger partial charge in [-0.3, -0.25) is 4.79 Å². The Morgan fingerprint density at radius 1 is 1.53 bits per heavy atom. The van der Waals surface area contributed by atoms with Gasteiger partial charge in [0.15, 0.2) is 0 Å². The first-order valence-corrected chi connectivity index (χ1v) is 5.85. The predicted octanol–water partition coefficient (Wildman–Crippen LogP) is 1.94. The summed E-state index contributed by atoms with van der Waals surface area (Å²) in [5.74, 6) is -0.0100. The van der Waals surface area contributed by atoms with Crippen molar-refractivity contribution in [2.75, 3.05) is 17.7 Å². The third-order valence-corrected chi connectivity index (χ3v) is 3.08. The van der Waals surface area contributed by atoms with Crippen LogP contribution in [-0.4, -0.2) is 18.6 Å². The van der Waals surface area contributed by atoms with Crippen molar-refractivity contribution in [2.45, 2.75) is 26.4 Å². The number of ether oxygens (including phenoxy) is 1. The van der Waals surface area contributed by atoms with E-state index < -0.39 is 0 Å². The van der Waals surface area contributed by atoms with Crippen LogP contribution in [0.4, 0.5) is 11.4 Å². The lowest BCUT2D eigenvalue weighted by atomic mass is 10.0. The van der Waals surface area contributed by atoms with Crippen LogP contribution in [0.25, 0.3) is 0 Å². The SMILES string of the molecule is Cc1cc(N)ccc1NC(=O)C1COC(C)C1. The minimum atomic E-state index is -0.0399. The monoisotopic (exact) mass is 234 g/mol. The van der Waals surface area contributed by atoms with Gasteiger partial charge in [0.1, 0.15) is 0 Å². The molecule has 1 aromatic rings. The van der Waals surface area contributed by atoms with Crippen LogP contribution < -0.4 is 11.1 Å². The fourth-order valence-electron chi connectivity index (χ4n) is 2.06. The summed E-state index contributed by atoms with van der Waals surface area (Å²) in [5.41, 5.74) is 8.17. The zero-order valence-electron chi connectivity index (χ0n) is 10.2. The highest BCUT2D eigenvalue weighted by molar-refractivity contribution is 5.93. The van der Waals surface area contributed by atoms with Gasteiger partial charge in [0.05, 0.1) is 18.6 Å². The van der Waals surface area contributed by atoms with Crippen LogP contribution in [0.15, 0.2) is 18.2 Å². The van der Waals surface area contributed by atoms with E-state index in [9.17, 15) is 4.79 Å². The Balaban J connectivity index is 2.03. The Morgan fingerprint density at radius 2 is 2.29 bits per heavy atom. The summed E-state index contributed by atoms with van der Waals surface area (Å²) in [4.78, 5) is 12.0. The second-order valence-electron chi connectivity index (χ2n) is 4.64. The molecule has 1 aliphatic rings. The second kappa shape index (κ2) is 4.75. The summed E-state index contributed by atoms with van der Waals surface area (Å²) in [6.45, 7) is 4.43. The van der Waals surface area contributed by atoms with E-state index in [0.29, 0.717) is 12.3 Å². The Kier molecular flexibility index (Phi) is 3.33. The molecule has 0 radical (unpaired) electrons. The molecule has 0 saturated carbocycles. The highest BCUT2D eigenvalue weighted by atomic mass is 16.5. The van der Waals surface area contributed by atoms with Gasteiger partial charge in [-0.1, -0.05) is 0 Å². The molecule has 1 fully saturated rings. The summed E-state index contributed by atoms with van der Waals surface area (Å²) < 4.78 is 5.39. The smallest absolute Gasteiger partial charge is 0.229 e. The number of carbonyl (C=O) groups is 1. The number of hydrogen-bond donors (Lipinski definition) is 2. The van der Waals surface area contributed by atoms with E-state index in [0.717, 1.165) is 17.7 Å². The molecule has 1 heterocycles. The number of carbonyl (C=O) groups excluding carboxylic acids is 1. The molecule has 17 heavy (non-hydrogen) atoms. The Labute approximate surface area is 101 Å². The van der Waals surface area contributed by atoms with Crippen molar-refractivity contribution in [2.24, 2.45) is 5.92 Å². The molecule has 4 heteroatoms. The van der Waals surface area contributed by atoms with Crippen LogP contribution in [-0.2, 0) is 9.53 Å². The van der Waals surface area contributed by atoms with E-state index in [1.165, 1.54) is 0 Å². The van der Waals surface area contributed by atoms with Crippen molar-refractivity contribution in [3.63, 3.8) is 0 Å². The number of nitrogens with one attached hydrogen (secondary N) is 1. The molecule has 1 amide bonds. The molecule has 2 unspecified atom stereocenters. The van der Waals surface area contributed by atoms with E-state index in [4.69, 9.17) is 10.5 Å².